The number of fused-ring (bicyclic) bond motifs is 1. The van der Waals surface area contributed by atoms with E-state index in [2.05, 4.69) is 9.97 Å². The lowest BCUT2D eigenvalue weighted by Gasteiger charge is -2.22. The molecule has 1 aliphatic rings. The molecular weight excluding hydrogens is 407 g/mol. The molecule has 164 valence electrons. The Balaban J connectivity index is 1.34. The first kappa shape index (κ1) is 20.4. The van der Waals surface area contributed by atoms with Crippen LogP contribution in [0.2, 0.25) is 0 Å². The summed E-state index contributed by atoms with van der Waals surface area (Å²) in [6.45, 7) is 2.76. The van der Waals surface area contributed by atoms with Crippen LogP contribution in [-0.4, -0.2) is 36.4 Å². The molecule has 0 amide bonds. The maximum absolute atomic E-state index is 14.4. The third-order valence-electron chi connectivity index (χ3n) is 5.89. The van der Waals surface area contributed by atoms with Crippen molar-refractivity contribution in [3.8, 4) is 11.6 Å². The fourth-order valence-electron chi connectivity index (χ4n) is 4.31. The summed E-state index contributed by atoms with van der Waals surface area (Å²) in [5.74, 6) is 1.94. The van der Waals surface area contributed by atoms with Crippen LogP contribution in [0.5, 0.6) is 5.88 Å². The Morgan fingerprint density at radius 3 is 2.78 bits per heavy atom. The van der Waals surface area contributed by atoms with Crippen molar-refractivity contribution in [2.45, 2.75) is 45.1 Å². The molecule has 7 nitrogen and oxygen atoms in total. The average molecular weight is 433 g/mol. The second kappa shape index (κ2) is 8.53. The monoisotopic (exact) mass is 432 g/mol. The normalized spacial score (nSPS) is 15.5. The first-order chi connectivity index (χ1) is 15.6. The van der Waals surface area contributed by atoms with E-state index in [1.807, 2.05) is 46.6 Å². The van der Waals surface area contributed by atoms with Gasteiger partial charge in [0.2, 0.25) is 5.88 Å². The highest BCUT2D eigenvalue weighted by Crippen LogP contribution is 2.33. The molecule has 1 aliphatic heterocycles. The minimum Gasteiger partial charge on any atom is -0.479 e. The lowest BCUT2D eigenvalue weighted by Crippen LogP contribution is -2.18. The highest BCUT2D eigenvalue weighted by atomic mass is 19.1. The van der Waals surface area contributed by atoms with Crippen molar-refractivity contribution in [3.63, 3.8) is 0 Å². The van der Waals surface area contributed by atoms with Gasteiger partial charge in [0.1, 0.15) is 17.3 Å². The number of aromatic nitrogens is 6. The lowest BCUT2D eigenvalue weighted by molar-refractivity contribution is 0.394. The van der Waals surface area contributed by atoms with Crippen molar-refractivity contribution in [2.24, 2.45) is 0 Å². The molecule has 5 rings (SSSR count). The molecule has 1 atom stereocenters. The summed E-state index contributed by atoms with van der Waals surface area (Å²) in [6, 6.07) is 10.9. The van der Waals surface area contributed by atoms with Crippen molar-refractivity contribution in [1.82, 2.24) is 29.3 Å². The van der Waals surface area contributed by atoms with Gasteiger partial charge in [-0.2, -0.15) is 5.10 Å². The van der Waals surface area contributed by atoms with Crippen molar-refractivity contribution < 1.29 is 9.13 Å². The highest BCUT2D eigenvalue weighted by Gasteiger charge is 2.27. The molecule has 0 N–H and O–H groups in total. The summed E-state index contributed by atoms with van der Waals surface area (Å²) in [7, 11) is 1.62. The lowest BCUT2D eigenvalue weighted by atomic mass is 9.91. The molecule has 0 bridgehead atoms. The van der Waals surface area contributed by atoms with Crippen LogP contribution in [0.15, 0.2) is 48.9 Å². The van der Waals surface area contributed by atoms with Gasteiger partial charge in [0.25, 0.3) is 0 Å². The maximum atomic E-state index is 14.4. The third kappa shape index (κ3) is 3.88. The summed E-state index contributed by atoms with van der Waals surface area (Å²) in [6.07, 6.45) is 6.87. The smallest absolute Gasteiger partial charge is 0.238 e. The van der Waals surface area contributed by atoms with E-state index in [0.717, 1.165) is 48.1 Å². The van der Waals surface area contributed by atoms with Gasteiger partial charge in [-0.1, -0.05) is 18.2 Å². The van der Waals surface area contributed by atoms with Crippen LogP contribution >= 0.6 is 0 Å². The quantitative estimate of drug-likeness (QED) is 0.460. The van der Waals surface area contributed by atoms with E-state index < -0.39 is 0 Å². The molecule has 0 aliphatic carbocycles. The first-order valence-corrected chi connectivity index (χ1v) is 10.9. The number of aryl methyl sites for hydroxylation is 4. The van der Waals surface area contributed by atoms with Crippen molar-refractivity contribution >= 4 is 0 Å². The predicted molar refractivity (Wildman–Crippen MR) is 118 cm³/mol. The third-order valence-corrected chi connectivity index (χ3v) is 5.89. The van der Waals surface area contributed by atoms with Crippen LogP contribution < -0.4 is 4.74 Å². The van der Waals surface area contributed by atoms with Gasteiger partial charge in [-0.15, -0.1) is 0 Å². The molecule has 0 unspecified atom stereocenters. The van der Waals surface area contributed by atoms with E-state index >= 15 is 0 Å². The van der Waals surface area contributed by atoms with E-state index in [0.29, 0.717) is 24.3 Å². The fraction of sp³-hybridized carbons (Fsp3) is 0.333. The average Bonchev–Trinajstić information content (AvgIpc) is 3.43. The molecular formula is C24H25FN6O. The van der Waals surface area contributed by atoms with Gasteiger partial charge in [-0.05, 0) is 49.9 Å². The number of ether oxygens (including phenoxy) is 1. The van der Waals surface area contributed by atoms with Crippen molar-refractivity contribution in [2.75, 3.05) is 7.11 Å². The Bertz CT molecular complexity index is 1250. The number of imidazole rings is 1. The van der Waals surface area contributed by atoms with Crippen molar-refractivity contribution in [3.05, 3.63) is 83.3 Å². The molecule has 1 aromatic carbocycles. The summed E-state index contributed by atoms with van der Waals surface area (Å²) in [4.78, 5) is 13.7. The molecule has 0 saturated heterocycles. The van der Waals surface area contributed by atoms with Gasteiger partial charge < -0.3 is 9.30 Å². The summed E-state index contributed by atoms with van der Waals surface area (Å²) in [5.41, 5.74) is 3.38. The number of pyridine rings is 1. The van der Waals surface area contributed by atoms with Gasteiger partial charge in [0.05, 0.1) is 19.1 Å². The van der Waals surface area contributed by atoms with Crippen LogP contribution in [-0.2, 0) is 19.4 Å². The Labute approximate surface area is 185 Å². The zero-order chi connectivity index (χ0) is 22.1. The van der Waals surface area contributed by atoms with Crippen LogP contribution in [0.3, 0.4) is 0 Å². The number of methoxy groups -OCH3 is 1. The van der Waals surface area contributed by atoms with Crippen LogP contribution in [0.25, 0.3) is 5.69 Å². The van der Waals surface area contributed by atoms with Gasteiger partial charge >= 0.3 is 0 Å². The molecule has 4 heterocycles. The maximum Gasteiger partial charge on any atom is 0.238 e. The zero-order valence-corrected chi connectivity index (χ0v) is 18.2. The molecule has 32 heavy (non-hydrogen) atoms. The van der Waals surface area contributed by atoms with Crippen LogP contribution in [0.4, 0.5) is 4.39 Å². The minimum absolute atomic E-state index is 0.0534. The molecule has 8 heteroatoms. The number of benzene rings is 1. The minimum atomic E-state index is -0.181. The zero-order valence-electron chi connectivity index (χ0n) is 18.2. The summed E-state index contributed by atoms with van der Waals surface area (Å²) in [5, 5.41) is 4.69. The molecule has 0 saturated carbocycles. The molecule has 0 spiro atoms. The second-order valence-corrected chi connectivity index (χ2v) is 8.08. The summed E-state index contributed by atoms with van der Waals surface area (Å²) >= 11 is 0. The first-order valence-electron chi connectivity index (χ1n) is 10.9. The topological polar surface area (TPSA) is 70.7 Å². The van der Waals surface area contributed by atoms with E-state index in [1.165, 1.54) is 6.07 Å². The molecule has 0 fully saturated rings. The second-order valence-electron chi connectivity index (χ2n) is 8.08. The summed E-state index contributed by atoms with van der Waals surface area (Å²) < 4.78 is 23.7. The standard InChI is InChI=1S/C24H25FN6O/c1-16-14-30(15-26-16)21-11-9-17(27-24(21)32-2)10-12-22-28-23-19(7-5-13-31(23)29-22)18-6-3-4-8-20(18)25/h3-4,6,8-9,11,14-15,19H,5,7,10,12-13H2,1-2H3/t19-/m1/s1. The van der Waals surface area contributed by atoms with Gasteiger partial charge in [0, 0.05) is 30.8 Å². The Morgan fingerprint density at radius 2 is 2.00 bits per heavy atom. The number of hydrogen-bond donors (Lipinski definition) is 0. The molecule has 4 aromatic rings. The fourth-order valence-corrected chi connectivity index (χ4v) is 4.31. The molecule has 0 radical (unpaired) electrons. The van der Waals surface area contributed by atoms with Gasteiger partial charge in [-0.25, -0.2) is 24.0 Å². The number of halogens is 1. The highest BCUT2D eigenvalue weighted by molar-refractivity contribution is 5.43. The number of hydrogen-bond acceptors (Lipinski definition) is 5. The number of nitrogens with zero attached hydrogens (tertiary/aromatic N) is 6. The van der Waals surface area contributed by atoms with Crippen LogP contribution in [0.1, 0.15) is 47.4 Å². The van der Waals surface area contributed by atoms with E-state index in [1.54, 1.807) is 19.5 Å². The Hall–Kier alpha value is -3.55. The van der Waals surface area contributed by atoms with Gasteiger partial charge in [-0.3, -0.25) is 0 Å². The Morgan fingerprint density at radius 1 is 1.12 bits per heavy atom. The molecule has 3 aromatic heterocycles. The predicted octanol–water partition coefficient (Wildman–Crippen LogP) is 4.03. The SMILES string of the molecule is COc1nc(CCc2nc3n(n2)CCC[C@@H]3c2ccccc2F)ccc1-n1cnc(C)c1. The van der Waals surface area contributed by atoms with Crippen LogP contribution in [0, 0.1) is 12.7 Å². The van der Waals surface area contributed by atoms with E-state index in [-0.39, 0.29) is 11.7 Å². The van der Waals surface area contributed by atoms with E-state index in [4.69, 9.17) is 14.8 Å². The Kier molecular flexibility index (Phi) is 5.43. The largest absolute Gasteiger partial charge is 0.479 e. The van der Waals surface area contributed by atoms with E-state index in [9.17, 15) is 4.39 Å². The van der Waals surface area contributed by atoms with Crippen molar-refractivity contribution in [1.29, 1.82) is 0 Å². The number of rotatable bonds is 6. The van der Waals surface area contributed by atoms with Gasteiger partial charge in [0.15, 0.2) is 5.82 Å².